The average Bonchev–Trinajstić information content (AvgIpc) is 2.26. The molecule has 6 nitrogen and oxygen atoms in total. The third kappa shape index (κ3) is 2.63. The maximum Gasteiger partial charge on any atom is 0.239 e. The van der Waals surface area contributed by atoms with Crippen LogP contribution in [0.5, 0.6) is 0 Å². The summed E-state index contributed by atoms with van der Waals surface area (Å²) in [6, 6.07) is 3.66. The fraction of sp³-hybridized carbons (Fsp3) is 0.545. The minimum Gasteiger partial charge on any atom is -0.302 e. The first-order valence-electron chi connectivity index (χ1n) is 5.37. The quantitative estimate of drug-likeness (QED) is 0.554. The molecule has 1 unspecified atom stereocenters. The normalized spacial score (nSPS) is 18.0. The molecular formula is C11H12N4O2S. The molecule has 2 N–H and O–H groups in total. The van der Waals surface area contributed by atoms with Gasteiger partial charge >= 0.3 is 0 Å². The van der Waals surface area contributed by atoms with Crippen LogP contribution in [0.3, 0.4) is 0 Å². The average molecular weight is 264 g/mol. The van der Waals surface area contributed by atoms with Crippen molar-refractivity contribution < 1.29 is 9.59 Å². The van der Waals surface area contributed by atoms with Gasteiger partial charge in [-0.2, -0.15) is 10.5 Å². The fourth-order valence-corrected chi connectivity index (χ4v) is 2.24. The summed E-state index contributed by atoms with van der Waals surface area (Å²) in [6.45, 7) is 3.53. The largest absolute Gasteiger partial charge is 0.302 e. The van der Waals surface area contributed by atoms with Crippen LogP contribution in [0.25, 0.3) is 0 Å². The first kappa shape index (κ1) is 14.1. The number of hydrogen-bond acceptors (Lipinski definition) is 5. The monoisotopic (exact) mass is 264 g/mol. The molecule has 0 aromatic rings. The van der Waals surface area contributed by atoms with Gasteiger partial charge < -0.3 is 10.6 Å². The van der Waals surface area contributed by atoms with Crippen molar-refractivity contribution in [2.75, 3.05) is 0 Å². The Morgan fingerprint density at radius 3 is 1.94 bits per heavy atom. The Morgan fingerprint density at radius 2 is 1.61 bits per heavy atom. The van der Waals surface area contributed by atoms with E-state index >= 15 is 0 Å². The Hall–Kier alpha value is -1.99. The summed E-state index contributed by atoms with van der Waals surface area (Å²) in [5.74, 6) is -4.03. The van der Waals surface area contributed by atoms with Crippen LogP contribution >= 0.6 is 12.2 Å². The highest BCUT2D eigenvalue weighted by Crippen LogP contribution is 2.30. The maximum absolute atomic E-state index is 11.8. The lowest BCUT2D eigenvalue weighted by Gasteiger charge is -2.31. The highest BCUT2D eigenvalue weighted by Gasteiger charge is 2.44. The van der Waals surface area contributed by atoms with Crippen molar-refractivity contribution >= 4 is 29.1 Å². The van der Waals surface area contributed by atoms with Gasteiger partial charge in [-0.25, -0.2) is 0 Å². The number of nitrogens with zero attached hydrogens (tertiary/aromatic N) is 2. The topological polar surface area (TPSA) is 106 Å². The third-order valence-electron chi connectivity index (χ3n) is 2.86. The smallest absolute Gasteiger partial charge is 0.239 e. The molecule has 0 saturated carbocycles. The summed E-state index contributed by atoms with van der Waals surface area (Å²) in [7, 11) is 0. The van der Waals surface area contributed by atoms with Crippen LogP contribution in [0.4, 0.5) is 0 Å². The van der Waals surface area contributed by atoms with E-state index in [4.69, 9.17) is 22.7 Å². The molecule has 0 bridgehead atoms. The van der Waals surface area contributed by atoms with Crippen LogP contribution in [0.1, 0.15) is 13.8 Å². The molecule has 0 spiro atoms. The molecule has 1 aliphatic rings. The molecule has 94 valence electrons. The molecule has 1 fully saturated rings. The van der Waals surface area contributed by atoms with Gasteiger partial charge in [-0.3, -0.25) is 9.59 Å². The second kappa shape index (κ2) is 5.56. The van der Waals surface area contributed by atoms with Gasteiger partial charge in [0.25, 0.3) is 0 Å². The van der Waals surface area contributed by atoms with Gasteiger partial charge in [0.1, 0.15) is 11.8 Å². The van der Waals surface area contributed by atoms with Gasteiger partial charge in [-0.1, -0.05) is 13.8 Å². The lowest BCUT2D eigenvalue weighted by atomic mass is 9.74. The van der Waals surface area contributed by atoms with Gasteiger partial charge in [-0.15, -0.1) is 0 Å². The van der Waals surface area contributed by atoms with Crippen LogP contribution < -0.4 is 10.6 Å². The number of rotatable bonds is 3. The minimum absolute atomic E-state index is 0.0470. The van der Waals surface area contributed by atoms with Gasteiger partial charge in [0.05, 0.1) is 12.1 Å². The molecular weight excluding hydrogens is 252 g/mol. The first-order chi connectivity index (χ1) is 8.42. The standard InChI is InChI=1S/C11H12N4O2S/c1-5(2)7(6(3-12)4-13)8-9(16)14-11(18)15-10(8)17/h5-8H,1-2H3,(H2,14,15,16,17,18). The number of nitrogens with one attached hydrogen (secondary N) is 2. The molecule has 7 heteroatoms. The van der Waals surface area contributed by atoms with Crippen molar-refractivity contribution in [3.8, 4) is 12.1 Å². The van der Waals surface area contributed by atoms with Crippen molar-refractivity contribution in [3.63, 3.8) is 0 Å². The van der Waals surface area contributed by atoms with Crippen molar-refractivity contribution in [3.05, 3.63) is 0 Å². The van der Waals surface area contributed by atoms with Crippen LogP contribution in [0.15, 0.2) is 0 Å². The SMILES string of the molecule is CC(C)C(C(C#N)C#N)C1C(=O)NC(=S)NC1=O. The van der Waals surface area contributed by atoms with Crippen molar-refractivity contribution in [1.29, 1.82) is 10.5 Å². The summed E-state index contributed by atoms with van der Waals surface area (Å²) in [5.41, 5.74) is 0. The van der Waals surface area contributed by atoms with Gasteiger partial charge in [0.2, 0.25) is 11.8 Å². The van der Waals surface area contributed by atoms with Gasteiger partial charge in [-0.05, 0) is 18.1 Å². The summed E-state index contributed by atoms with van der Waals surface area (Å²) < 4.78 is 0. The molecule has 0 aromatic carbocycles. The summed E-state index contributed by atoms with van der Waals surface area (Å²) in [5, 5.41) is 22.5. The van der Waals surface area contributed by atoms with E-state index in [-0.39, 0.29) is 11.0 Å². The Bertz CT molecular complexity index is 440. The van der Waals surface area contributed by atoms with Crippen molar-refractivity contribution in [2.24, 2.45) is 23.7 Å². The van der Waals surface area contributed by atoms with Crippen LogP contribution in [-0.2, 0) is 9.59 Å². The molecule has 0 radical (unpaired) electrons. The zero-order chi connectivity index (χ0) is 13.9. The third-order valence-corrected chi connectivity index (χ3v) is 3.06. The Labute approximate surface area is 110 Å². The summed E-state index contributed by atoms with van der Waals surface area (Å²) in [4.78, 5) is 23.6. The van der Waals surface area contributed by atoms with Gasteiger partial charge in [0, 0.05) is 5.92 Å². The summed E-state index contributed by atoms with van der Waals surface area (Å²) >= 11 is 4.69. The van der Waals surface area contributed by atoms with E-state index in [0.29, 0.717) is 0 Å². The van der Waals surface area contributed by atoms with E-state index in [1.165, 1.54) is 0 Å². The Morgan fingerprint density at radius 1 is 1.17 bits per heavy atom. The fourth-order valence-electron chi connectivity index (χ4n) is 2.04. The second-order valence-electron chi connectivity index (χ2n) is 4.34. The molecule has 1 aliphatic heterocycles. The molecule has 1 atom stereocenters. The minimum atomic E-state index is -1.07. The van der Waals surface area contributed by atoms with E-state index < -0.39 is 29.6 Å². The number of nitriles is 2. The van der Waals surface area contributed by atoms with E-state index in [9.17, 15) is 9.59 Å². The first-order valence-corrected chi connectivity index (χ1v) is 5.78. The number of carbonyl (C=O) groups is 2. The summed E-state index contributed by atoms with van der Waals surface area (Å²) in [6.07, 6.45) is 0. The molecule has 0 aromatic heterocycles. The van der Waals surface area contributed by atoms with E-state index in [2.05, 4.69) is 10.6 Å². The zero-order valence-corrected chi connectivity index (χ0v) is 10.7. The van der Waals surface area contributed by atoms with E-state index in [0.717, 1.165) is 0 Å². The molecule has 18 heavy (non-hydrogen) atoms. The Balaban J connectivity index is 3.11. The van der Waals surface area contributed by atoms with E-state index in [1.807, 2.05) is 12.1 Å². The van der Waals surface area contributed by atoms with Crippen LogP contribution in [0, 0.1) is 46.3 Å². The number of hydrogen-bond donors (Lipinski definition) is 2. The predicted octanol–water partition coefficient (Wildman–Crippen LogP) is 0.0691. The number of amides is 2. The maximum atomic E-state index is 11.8. The van der Waals surface area contributed by atoms with E-state index in [1.54, 1.807) is 13.8 Å². The molecule has 2 amide bonds. The number of thiocarbonyl (C=S) groups is 1. The van der Waals surface area contributed by atoms with Crippen LogP contribution in [0.2, 0.25) is 0 Å². The highest BCUT2D eigenvalue weighted by atomic mass is 32.1. The molecule has 1 saturated heterocycles. The van der Waals surface area contributed by atoms with Crippen molar-refractivity contribution in [1.82, 2.24) is 10.6 Å². The predicted molar refractivity (Wildman–Crippen MR) is 65.4 cm³/mol. The highest BCUT2D eigenvalue weighted by molar-refractivity contribution is 7.80. The zero-order valence-electron chi connectivity index (χ0n) is 9.93. The molecule has 1 heterocycles. The Kier molecular flexibility index (Phi) is 4.35. The van der Waals surface area contributed by atoms with Crippen LogP contribution in [-0.4, -0.2) is 16.9 Å². The lowest BCUT2D eigenvalue weighted by molar-refractivity contribution is -0.138. The molecule has 1 rings (SSSR count). The second-order valence-corrected chi connectivity index (χ2v) is 4.75. The van der Waals surface area contributed by atoms with Crippen molar-refractivity contribution in [2.45, 2.75) is 13.8 Å². The molecule has 0 aliphatic carbocycles. The van der Waals surface area contributed by atoms with Gasteiger partial charge in [0.15, 0.2) is 5.11 Å². The number of carbonyl (C=O) groups excluding carboxylic acids is 2. The lowest BCUT2D eigenvalue weighted by Crippen LogP contribution is -2.58.